The van der Waals surface area contributed by atoms with E-state index in [1.54, 1.807) is 4.90 Å². The highest BCUT2D eigenvalue weighted by Gasteiger charge is 2.45. The number of fused-ring (bicyclic) bond motifs is 1. The first-order valence-electron chi connectivity index (χ1n) is 4.49. The monoisotopic (exact) mass is 164 g/mol. The molecule has 64 valence electrons. The van der Waals surface area contributed by atoms with Crippen molar-refractivity contribution in [2.45, 2.75) is 37.8 Å². The predicted molar refractivity (Wildman–Crippen MR) is 43.1 cm³/mol. The lowest BCUT2D eigenvalue weighted by Crippen LogP contribution is -2.34. The molecule has 0 aromatic rings. The molecule has 1 amide bonds. The molecule has 0 aromatic carbocycles. The summed E-state index contributed by atoms with van der Waals surface area (Å²) >= 11 is 0. The molecule has 3 atom stereocenters. The zero-order valence-corrected chi connectivity index (χ0v) is 6.94. The smallest absolute Gasteiger partial charge is 0.211 e. The zero-order chi connectivity index (χ0) is 8.55. The molecule has 3 unspecified atom stereocenters. The Kier molecular flexibility index (Phi) is 1.76. The summed E-state index contributed by atoms with van der Waals surface area (Å²) in [5.74, 6) is 0.702. The Morgan fingerprint density at radius 2 is 2.33 bits per heavy atom. The molecule has 0 N–H and O–H groups in total. The van der Waals surface area contributed by atoms with Crippen LogP contribution < -0.4 is 0 Å². The Bertz CT molecular complexity index is 233. The van der Waals surface area contributed by atoms with Gasteiger partial charge in [0.1, 0.15) is 6.04 Å². The maximum absolute atomic E-state index is 10.7. The van der Waals surface area contributed by atoms with Crippen molar-refractivity contribution in [1.82, 2.24) is 4.90 Å². The van der Waals surface area contributed by atoms with Crippen LogP contribution in [-0.2, 0) is 4.79 Å². The largest absolute Gasteiger partial charge is 0.326 e. The molecule has 0 spiro atoms. The van der Waals surface area contributed by atoms with E-state index in [1.165, 1.54) is 6.42 Å². The molecule has 1 aliphatic heterocycles. The van der Waals surface area contributed by atoms with Gasteiger partial charge in [-0.2, -0.15) is 5.26 Å². The summed E-state index contributed by atoms with van der Waals surface area (Å²) in [4.78, 5) is 12.4. The number of carbonyl (C=O) groups is 1. The highest BCUT2D eigenvalue weighted by Crippen LogP contribution is 2.42. The van der Waals surface area contributed by atoms with Crippen molar-refractivity contribution in [2.75, 3.05) is 0 Å². The molecular weight excluding hydrogens is 152 g/mol. The molecule has 1 aliphatic carbocycles. The topological polar surface area (TPSA) is 44.1 Å². The first-order chi connectivity index (χ1) is 5.86. The van der Waals surface area contributed by atoms with Crippen LogP contribution in [0.3, 0.4) is 0 Å². The lowest BCUT2D eigenvalue weighted by atomic mass is 10.1. The van der Waals surface area contributed by atoms with E-state index < -0.39 is 0 Å². The van der Waals surface area contributed by atoms with Gasteiger partial charge < -0.3 is 4.90 Å². The number of likely N-dealkylation sites (tertiary alicyclic amines) is 1. The van der Waals surface area contributed by atoms with Gasteiger partial charge in [0.15, 0.2) is 0 Å². The summed E-state index contributed by atoms with van der Waals surface area (Å²) in [6.45, 7) is 0. The van der Waals surface area contributed by atoms with E-state index in [0.29, 0.717) is 12.0 Å². The summed E-state index contributed by atoms with van der Waals surface area (Å²) in [5.41, 5.74) is 0. The maximum atomic E-state index is 10.7. The Balaban J connectivity index is 2.12. The number of hydrogen-bond acceptors (Lipinski definition) is 2. The van der Waals surface area contributed by atoms with E-state index in [4.69, 9.17) is 5.26 Å². The predicted octanol–water partition coefficient (Wildman–Crippen LogP) is 0.909. The lowest BCUT2D eigenvalue weighted by molar-refractivity contribution is -0.119. The van der Waals surface area contributed by atoms with E-state index in [9.17, 15) is 4.79 Å². The van der Waals surface area contributed by atoms with Crippen molar-refractivity contribution in [3.05, 3.63) is 0 Å². The third-order valence-electron chi connectivity index (χ3n) is 2.95. The van der Waals surface area contributed by atoms with Crippen molar-refractivity contribution in [2.24, 2.45) is 5.92 Å². The van der Waals surface area contributed by atoms with Gasteiger partial charge in [-0.05, 0) is 31.6 Å². The molecule has 0 aromatic heterocycles. The van der Waals surface area contributed by atoms with E-state index in [-0.39, 0.29) is 6.04 Å². The fraction of sp³-hybridized carbons (Fsp3) is 0.778. The number of nitriles is 1. The van der Waals surface area contributed by atoms with Crippen LogP contribution in [-0.4, -0.2) is 23.4 Å². The van der Waals surface area contributed by atoms with Crippen LogP contribution in [0.15, 0.2) is 0 Å². The average Bonchev–Trinajstić information content (AvgIpc) is 2.80. The number of amides is 1. The van der Waals surface area contributed by atoms with Crippen molar-refractivity contribution in [3.8, 4) is 6.07 Å². The minimum absolute atomic E-state index is 0.153. The number of nitrogens with zero attached hydrogens (tertiary/aromatic N) is 2. The average molecular weight is 164 g/mol. The summed E-state index contributed by atoms with van der Waals surface area (Å²) in [5, 5.41) is 8.80. The van der Waals surface area contributed by atoms with Crippen LogP contribution >= 0.6 is 0 Å². The molecule has 2 aliphatic rings. The van der Waals surface area contributed by atoms with Crippen LogP contribution in [0.2, 0.25) is 0 Å². The quantitative estimate of drug-likeness (QED) is 0.541. The molecule has 3 nitrogen and oxygen atoms in total. The number of carbonyl (C=O) groups excluding carboxylic acids is 1. The second-order valence-corrected chi connectivity index (χ2v) is 3.69. The van der Waals surface area contributed by atoms with Crippen LogP contribution in [0, 0.1) is 17.2 Å². The van der Waals surface area contributed by atoms with Gasteiger partial charge in [0.25, 0.3) is 0 Å². The molecule has 1 saturated carbocycles. The van der Waals surface area contributed by atoms with Gasteiger partial charge in [0.2, 0.25) is 6.41 Å². The first kappa shape index (κ1) is 7.60. The summed E-state index contributed by atoms with van der Waals surface area (Å²) in [6, 6.07) is 2.44. The second kappa shape index (κ2) is 2.78. The van der Waals surface area contributed by atoms with Crippen molar-refractivity contribution in [1.29, 1.82) is 5.26 Å². The van der Waals surface area contributed by atoms with E-state index in [2.05, 4.69) is 6.07 Å². The Labute approximate surface area is 72.0 Å². The molecule has 0 bridgehead atoms. The van der Waals surface area contributed by atoms with Crippen LogP contribution in [0.1, 0.15) is 25.7 Å². The third kappa shape index (κ3) is 1.08. The summed E-state index contributed by atoms with van der Waals surface area (Å²) in [7, 11) is 0. The normalized spacial score (nSPS) is 39.2. The zero-order valence-electron chi connectivity index (χ0n) is 6.94. The van der Waals surface area contributed by atoms with E-state index in [0.717, 1.165) is 25.7 Å². The number of hydrogen-bond donors (Lipinski definition) is 0. The molecule has 0 radical (unpaired) electrons. The molecule has 2 rings (SSSR count). The second-order valence-electron chi connectivity index (χ2n) is 3.69. The van der Waals surface area contributed by atoms with Gasteiger partial charge in [-0.1, -0.05) is 0 Å². The standard InChI is InChI=1S/C9H12N2O/c10-5-8-3-1-2-7-4-9(7)11(8)6-12/h6-9H,1-4H2. The molecule has 3 heteroatoms. The minimum atomic E-state index is -0.153. The Morgan fingerprint density at radius 1 is 1.50 bits per heavy atom. The fourth-order valence-electron chi connectivity index (χ4n) is 2.14. The molecule has 1 saturated heterocycles. The van der Waals surface area contributed by atoms with Gasteiger partial charge in [-0.25, -0.2) is 0 Å². The molecular formula is C9H12N2O. The summed E-state index contributed by atoms with van der Waals surface area (Å²) < 4.78 is 0. The van der Waals surface area contributed by atoms with Gasteiger partial charge >= 0.3 is 0 Å². The maximum Gasteiger partial charge on any atom is 0.211 e. The molecule has 12 heavy (non-hydrogen) atoms. The van der Waals surface area contributed by atoms with Crippen LogP contribution in [0.4, 0.5) is 0 Å². The highest BCUT2D eigenvalue weighted by molar-refractivity contribution is 5.51. The van der Waals surface area contributed by atoms with Gasteiger partial charge in [0, 0.05) is 6.04 Å². The number of rotatable bonds is 1. The molecule has 2 fully saturated rings. The SMILES string of the molecule is N#CC1CCCC2CC2N1C=O. The minimum Gasteiger partial charge on any atom is -0.326 e. The Hall–Kier alpha value is -1.04. The molecule has 1 heterocycles. The van der Waals surface area contributed by atoms with Crippen molar-refractivity contribution in [3.63, 3.8) is 0 Å². The van der Waals surface area contributed by atoms with Crippen molar-refractivity contribution < 1.29 is 4.79 Å². The first-order valence-corrected chi connectivity index (χ1v) is 4.49. The Morgan fingerprint density at radius 3 is 3.00 bits per heavy atom. The lowest BCUT2D eigenvalue weighted by Gasteiger charge is -2.20. The van der Waals surface area contributed by atoms with Crippen LogP contribution in [0.5, 0.6) is 0 Å². The van der Waals surface area contributed by atoms with Gasteiger partial charge in [-0.15, -0.1) is 0 Å². The van der Waals surface area contributed by atoms with Crippen LogP contribution in [0.25, 0.3) is 0 Å². The van der Waals surface area contributed by atoms with E-state index >= 15 is 0 Å². The highest BCUT2D eigenvalue weighted by atomic mass is 16.1. The summed E-state index contributed by atoms with van der Waals surface area (Å²) in [6.07, 6.45) is 5.14. The third-order valence-corrected chi connectivity index (χ3v) is 2.95. The fourth-order valence-corrected chi connectivity index (χ4v) is 2.14. The van der Waals surface area contributed by atoms with Crippen molar-refractivity contribution >= 4 is 6.41 Å². The van der Waals surface area contributed by atoms with E-state index in [1.807, 2.05) is 0 Å². The van der Waals surface area contributed by atoms with Gasteiger partial charge in [0.05, 0.1) is 6.07 Å². The van der Waals surface area contributed by atoms with Gasteiger partial charge in [-0.3, -0.25) is 4.79 Å².